The van der Waals surface area contributed by atoms with Crippen molar-refractivity contribution in [1.82, 2.24) is 10.2 Å². The number of carbonyl (C=O) groups is 1. The quantitative estimate of drug-likeness (QED) is 0.277. The molecule has 4 aromatic carbocycles. The monoisotopic (exact) mass is 510 g/mol. The molecule has 1 aliphatic heterocycles. The smallest absolute Gasteiger partial charge is 0.251 e. The molecule has 1 aliphatic rings. The van der Waals surface area contributed by atoms with E-state index in [0.717, 1.165) is 51.4 Å². The lowest BCUT2D eigenvalue weighted by atomic mass is 9.98. The summed E-state index contributed by atoms with van der Waals surface area (Å²) >= 11 is 0. The first-order valence-corrected chi connectivity index (χ1v) is 13.2. The highest BCUT2D eigenvalue weighted by Crippen LogP contribution is 2.41. The van der Waals surface area contributed by atoms with Gasteiger partial charge in [-0.05, 0) is 97.5 Å². The van der Waals surface area contributed by atoms with Crippen LogP contribution in [-0.4, -0.2) is 51.2 Å². The molecule has 4 aromatic rings. The maximum Gasteiger partial charge on any atom is 0.251 e. The average Bonchev–Trinajstić information content (AvgIpc) is 2.98. The maximum atomic E-state index is 12.0. The van der Waals surface area contributed by atoms with E-state index in [1.54, 1.807) is 14.2 Å². The summed E-state index contributed by atoms with van der Waals surface area (Å²) in [7, 11) is 3.29. The molecule has 1 amide bonds. The average molecular weight is 511 g/mol. The van der Waals surface area contributed by atoms with Crippen molar-refractivity contribution in [2.45, 2.75) is 19.3 Å². The summed E-state index contributed by atoms with van der Waals surface area (Å²) < 4.78 is 17.9. The van der Waals surface area contributed by atoms with Crippen molar-refractivity contribution in [2.24, 2.45) is 0 Å². The minimum atomic E-state index is -0.114. The van der Waals surface area contributed by atoms with Gasteiger partial charge in [0.1, 0.15) is 29.6 Å². The van der Waals surface area contributed by atoms with Gasteiger partial charge in [-0.15, -0.1) is 0 Å². The highest BCUT2D eigenvalue weighted by Gasteiger charge is 2.15. The lowest BCUT2D eigenvalue weighted by molar-refractivity contribution is 0.0963. The highest BCUT2D eigenvalue weighted by atomic mass is 16.5. The van der Waals surface area contributed by atoms with Gasteiger partial charge in [-0.3, -0.25) is 9.69 Å². The van der Waals surface area contributed by atoms with Crippen LogP contribution in [0.15, 0.2) is 78.9 Å². The van der Waals surface area contributed by atoms with E-state index in [1.807, 2.05) is 72.8 Å². The minimum Gasteiger partial charge on any atom is -0.497 e. The van der Waals surface area contributed by atoms with E-state index < -0.39 is 0 Å². The van der Waals surface area contributed by atoms with Crippen molar-refractivity contribution >= 4 is 16.7 Å². The number of hydrogen-bond acceptors (Lipinski definition) is 5. The molecule has 6 nitrogen and oxygen atoms in total. The second-order valence-electron chi connectivity index (χ2n) is 9.51. The van der Waals surface area contributed by atoms with E-state index in [1.165, 1.54) is 32.4 Å². The summed E-state index contributed by atoms with van der Waals surface area (Å²) in [6, 6.07) is 25.4. The number of methoxy groups -OCH3 is 1. The van der Waals surface area contributed by atoms with Gasteiger partial charge in [0, 0.05) is 30.1 Å². The molecule has 0 unspecified atom stereocenters. The number of benzene rings is 4. The predicted octanol–water partition coefficient (Wildman–Crippen LogP) is 6.53. The predicted molar refractivity (Wildman–Crippen MR) is 152 cm³/mol. The fourth-order valence-electron chi connectivity index (χ4n) is 4.89. The second-order valence-corrected chi connectivity index (χ2v) is 9.51. The fourth-order valence-corrected chi connectivity index (χ4v) is 4.89. The van der Waals surface area contributed by atoms with Crippen LogP contribution in [0.4, 0.5) is 0 Å². The van der Waals surface area contributed by atoms with Crippen molar-refractivity contribution in [2.75, 3.05) is 40.4 Å². The molecule has 5 rings (SSSR count). The van der Waals surface area contributed by atoms with E-state index in [0.29, 0.717) is 12.2 Å². The van der Waals surface area contributed by atoms with E-state index in [-0.39, 0.29) is 5.91 Å². The molecule has 1 fully saturated rings. The molecular weight excluding hydrogens is 476 g/mol. The lowest BCUT2D eigenvalue weighted by Crippen LogP contribution is -2.33. The summed E-state index contributed by atoms with van der Waals surface area (Å²) in [5.41, 5.74) is 2.51. The van der Waals surface area contributed by atoms with E-state index in [2.05, 4.69) is 16.3 Å². The standard InChI is InChI=1S/C32H34N2O4/c1-33-32(35)24-8-6-23(7-9-24)29-16-10-25-22-28(36-2)15-17-30(25)31(29)38-27-13-11-26(12-14-27)37-21-20-34-18-4-3-5-19-34/h6-17,22H,3-5,18-21H2,1-2H3,(H,33,35). The van der Waals surface area contributed by atoms with Gasteiger partial charge in [0.25, 0.3) is 5.91 Å². The number of likely N-dealkylation sites (tertiary alicyclic amines) is 1. The van der Waals surface area contributed by atoms with Crippen molar-refractivity contribution in [1.29, 1.82) is 0 Å². The number of nitrogens with one attached hydrogen (secondary N) is 1. The molecule has 196 valence electrons. The van der Waals surface area contributed by atoms with E-state index in [9.17, 15) is 4.79 Å². The first-order chi connectivity index (χ1) is 18.6. The number of carbonyl (C=O) groups excluding carboxylic acids is 1. The van der Waals surface area contributed by atoms with Crippen LogP contribution in [0.3, 0.4) is 0 Å². The Kier molecular flexibility index (Phi) is 8.09. The topological polar surface area (TPSA) is 60.0 Å². The van der Waals surface area contributed by atoms with Crippen LogP contribution in [0.2, 0.25) is 0 Å². The summed E-state index contributed by atoms with van der Waals surface area (Å²) in [6.07, 6.45) is 3.91. The zero-order valence-electron chi connectivity index (χ0n) is 22.0. The second kappa shape index (κ2) is 12.0. The number of nitrogens with zero attached hydrogens (tertiary/aromatic N) is 1. The number of piperidine rings is 1. The van der Waals surface area contributed by atoms with Crippen LogP contribution in [-0.2, 0) is 0 Å². The molecule has 0 atom stereocenters. The number of fused-ring (bicyclic) bond motifs is 1. The molecule has 0 aromatic heterocycles. The number of hydrogen-bond donors (Lipinski definition) is 1. The van der Waals surface area contributed by atoms with Crippen molar-refractivity contribution < 1.29 is 19.0 Å². The summed E-state index contributed by atoms with van der Waals surface area (Å²) in [4.78, 5) is 14.5. The Hall–Kier alpha value is -4.03. The molecule has 38 heavy (non-hydrogen) atoms. The first-order valence-electron chi connectivity index (χ1n) is 13.2. The normalized spacial score (nSPS) is 13.7. The number of rotatable bonds is 9. The molecule has 0 saturated carbocycles. The lowest BCUT2D eigenvalue weighted by Gasteiger charge is -2.26. The molecule has 0 aliphatic carbocycles. The Morgan fingerprint density at radius 2 is 1.55 bits per heavy atom. The van der Waals surface area contributed by atoms with Crippen molar-refractivity contribution in [3.8, 4) is 34.1 Å². The highest BCUT2D eigenvalue weighted by molar-refractivity contribution is 5.97. The maximum absolute atomic E-state index is 12.0. The van der Waals surface area contributed by atoms with Crippen LogP contribution in [0.25, 0.3) is 21.9 Å². The molecule has 0 radical (unpaired) electrons. The summed E-state index contributed by atoms with van der Waals surface area (Å²) in [5, 5.41) is 4.65. The zero-order valence-corrected chi connectivity index (χ0v) is 22.0. The number of ether oxygens (including phenoxy) is 3. The molecular formula is C32H34N2O4. The molecule has 6 heteroatoms. The molecule has 0 bridgehead atoms. The largest absolute Gasteiger partial charge is 0.497 e. The summed E-state index contributed by atoms with van der Waals surface area (Å²) in [5.74, 6) is 2.98. The van der Waals surface area contributed by atoms with Crippen LogP contribution in [0.1, 0.15) is 29.6 Å². The van der Waals surface area contributed by atoms with Gasteiger partial charge in [0.05, 0.1) is 7.11 Å². The zero-order chi connectivity index (χ0) is 26.3. The van der Waals surface area contributed by atoms with Gasteiger partial charge < -0.3 is 19.5 Å². The van der Waals surface area contributed by atoms with Gasteiger partial charge >= 0.3 is 0 Å². The first kappa shape index (κ1) is 25.6. The van der Waals surface area contributed by atoms with Crippen molar-refractivity contribution in [3.63, 3.8) is 0 Å². The van der Waals surface area contributed by atoms with Crippen LogP contribution < -0.4 is 19.5 Å². The Balaban J connectivity index is 1.39. The van der Waals surface area contributed by atoms with Crippen molar-refractivity contribution in [3.05, 3.63) is 84.4 Å². The number of amides is 1. The van der Waals surface area contributed by atoms with Gasteiger partial charge in [-0.1, -0.05) is 24.6 Å². The minimum absolute atomic E-state index is 0.114. The Labute approximate surface area is 224 Å². The third kappa shape index (κ3) is 5.92. The van der Waals surface area contributed by atoms with Gasteiger partial charge in [-0.2, -0.15) is 0 Å². The Morgan fingerprint density at radius 1 is 0.842 bits per heavy atom. The van der Waals surface area contributed by atoms with Crippen LogP contribution in [0.5, 0.6) is 23.0 Å². The van der Waals surface area contributed by atoms with E-state index >= 15 is 0 Å². The van der Waals surface area contributed by atoms with Gasteiger partial charge in [-0.25, -0.2) is 0 Å². The Bertz CT molecular complexity index is 1380. The Morgan fingerprint density at radius 3 is 2.26 bits per heavy atom. The molecule has 1 heterocycles. The molecule has 0 spiro atoms. The third-order valence-corrected chi connectivity index (χ3v) is 7.03. The third-order valence-electron chi connectivity index (χ3n) is 7.03. The fraction of sp³-hybridized carbons (Fsp3) is 0.281. The molecule has 1 N–H and O–H groups in total. The van der Waals surface area contributed by atoms with Crippen LogP contribution >= 0.6 is 0 Å². The van der Waals surface area contributed by atoms with Gasteiger partial charge in [0.15, 0.2) is 0 Å². The SMILES string of the molecule is CNC(=O)c1ccc(-c2ccc3cc(OC)ccc3c2Oc2ccc(OCCN3CCCCC3)cc2)cc1. The molecule has 1 saturated heterocycles. The van der Waals surface area contributed by atoms with E-state index in [4.69, 9.17) is 14.2 Å². The van der Waals surface area contributed by atoms with Crippen LogP contribution in [0, 0.1) is 0 Å². The summed E-state index contributed by atoms with van der Waals surface area (Å²) in [6.45, 7) is 3.98. The van der Waals surface area contributed by atoms with Gasteiger partial charge in [0.2, 0.25) is 0 Å².